The molecule has 8 heteroatoms. The van der Waals surface area contributed by atoms with E-state index in [2.05, 4.69) is 44.9 Å². The predicted molar refractivity (Wildman–Crippen MR) is 117 cm³/mol. The van der Waals surface area contributed by atoms with Crippen LogP contribution in [0.15, 0.2) is 42.7 Å². The number of aromatic nitrogens is 2. The average molecular weight is 426 g/mol. The highest BCUT2D eigenvalue weighted by Crippen LogP contribution is 2.28. The molecular formula is C20H29Cl2N5O. The lowest BCUT2D eigenvalue weighted by Gasteiger charge is -2.20. The monoisotopic (exact) mass is 425 g/mol. The number of nitrogens with zero attached hydrogens (tertiary/aromatic N) is 3. The van der Waals surface area contributed by atoms with Gasteiger partial charge in [-0.2, -0.15) is 5.10 Å². The van der Waals surface area contributed by atoms with Crippen molar-refractivity contribution in [1.29, 1.82) is 0 Å². The van der Waals surface area contributed by atoms with Crippen LogP contribution in [-0.2, 0) is 11.8 Å². The highest BCUT2D eigenvalue weighted by Gasteiger charge is 2.35. The smallest absolute Gasteiger partial charge is 0.225 e. The fourth-order valence-corrected chi connectivity index (χ4v) is 4.18. The number of rotatable bonds is 5. The first-order chi connectivity index (χ1) is 12.7. The van der Waals surface area contributed by atoms with Gasteiger partial charge in [0.25, 0.3) is 0 Å². The fourth-order valence-electron chi connectivity index (χ4n) is 4.18. The van der Waals surface area contributed by atoms with Crippen LogP contribution in [0.25, 0.3) is 0 Å². The van der Waals surface area contributed by atoms with E-state index in [1.165, 1.54) is 5.69 Å². The minimum Gasteiger partial charge on any atom is -0.371 e. The number of nitrogens with one attached hydrogen (secondary N) is 2. The molecule has 2 fully saturated rings. The molecule has 154 valence electrons. The van der Waals surface area contributed by atoms with Crippen LogP contribution in [0.5, 0.6) is 0 Å². The summed E-state index contributed by atoms with van der Waals surface area (Å²) in [6.07, 6.45) is 5.03. The fraction of sp³-hybridized carbons (Fsp3) is 0.500. The number of para-hydroxylation sites is 1. The van der Waals surface area contributed by atoms with Crippen molar-refractivity contribution in [3.63, 3.8) is 0 Å². The van der Waals surface area contributed by atoms with Crippen molar-refractivity contribution < 1.29 is 4.79 Å². The highest BCUT2D eigenvalue weighted by molar-refractivity contribution is 5.85. The van der Waals surface area contributed by atoms with Crippen LogP contribution in [-0.4, -0.2) is 48.4 Å². The molecule has 0 radical (unpaired) electrons. The molecule has 0 bridgehead atoms. The second kappa shape index (κ2) is 10.1. The van der Waals surface area contributed by atoms with Gasteiger partial charge < -0.3 is 15.5 Å². The maximum Gasteiger partial charge on any atom is 0.225 e. The standard InChI is InChI=1S/C20H27N5O.2ClH/c1-24-14-16(10-23-24)18-11-21-12-19(18)20(26)22-9-15-7-8-25(13-15)17-5-3-2-4-6-17;;/h2-6,10,14-15,18-19,21H,7-9,11-13H2,1H3,(H,22,26);2*1H/t15?,18-,19+;;/m1../s1. The number of amides is 1. The number of aryl methyl sites for hydroxylation is 1. The molecule has 1 amide bonds. The zero-order chi connectivity index (χ0) is 17.9. The third kappa shape index (κ3) is 4.99. The van der Waals surface area contributed by atoms with Crippen molar-refractivity contribution in [3.05, 3.63) is 48.3 Å². The Hall–Kier alpha value is -1.76. The third-order valence-electron chi connectivity index (χ3n) is 5.68. The molecule has 2 saturated heterocycles. The van der Waals surface area contributed by atoms with E-state index in [9.17, 15) is 4.79 Å². The summed E-state index contributed by atoms with van der Waals surface area (Å²) in [6, 6.07) is 10.5. The van der Waals surface area contributed by atoms with Crippen LogP contribution in [0.2, 0.25) is 0 Å². The van der Waals surface area contributed by atoms with Gasteiger partial charge >= 0.3 is 0 Å². The molecule has 2 aliphatic heterocycles. The van der Waals surface area contributed by atoms with Gasteiger partial charge in [-0.1, -0.05) is 18.2 Å². The molecule has 0 saturated carbocycles. The maximum absolute atomic E-state index is 12.8. The van der Waals surface area contributed by atoms with Crippen LogP contribution in [0, 0.1) is 11.8 Å². The summed E-state index contributed by atoms with van der Waals surface area (Å²) in [7, 11) is 1.92. The Bertz CT molecular complexity index is 754. The number of hydrogen-bond donors (Lipinski definition) is 2. The first kappa shape index (κ1) is 22.5. The zero-order valence-corrected chi connectivity index (χ0v) is 17.7. The van der Waals surface area contributed by atoms with Gasteiger partial charge in [0.05, 0.1) is 12.1 Å². The lowest BCUT2D eigenvalue weighted by atomic mass is 9.90. The van der Waals surface area contributed by atoms with E-state index in [-0.39, 0.29) is 42.6 Å². The Morgan fingerprint density at radius 1 is 1.25 bits per heavy atom. The molecule has 1 aromatic carbocycles. The van der Waals surface area contributed by atoms with Gasteiger partial charge in [-0.3, -0.25) is 9.48 Å². The Morgan fingerprint density at radius 2 is 2.04 bits per heavy atom. The number of carbonyl (C=O) groups is 1. The van der Waals surface area contributed by atoms with Gasteiger partial charge in [-0.25, -0.2) is 0 Å². The number of benzene rings is 1. The maximum atomic E-state index is 12.8. The second-order valence-electron chi connectivity index (χ2n) is 7.50. The van der Waals surface area contributed by atoms with Crippen LogP contribution >= 0.6 is 24.8 Å². The zero-order valence-electron chi connectivity index (χ0n) is 16.1. The van der Waals surface area contributed by atoms with Crippen LogP contribution in [0.1, 0.15) is 17.9 Å². The van der Waals surface area contributed by atoms with E-state index < -0.39 is 0 Å². The molecule has 2 aromatic rings. The Labute approximate surface area is 178 Å². The van der Waals surface area contributed by atoms with Gasteiger partial charge in [-0.05, 0) is 30.0 Å². The summed E-state index contributed by atoms with van der Waals surface area (Å²) in [4.78, 5) is 15.2. The first-order valence-electron chi connectivity index (χ1n) is 9.47. The highest BCUT2D eigenvalue weighted by atomic mass is 35.5. The summed E-state index contributed by atoms with van der Waals surface area (Å²) in [5.74, 6) is 0.895. The molecule has 4 rings (SSSR count). The van der Waals surface area contributed by atoms with E-state index in [0.29, 0.717) is 5.92 Å². The number of halogens is 2. The van der Waals surface area contributed by atoms with E-state index >= 15 is 0 Å². The lowest BCUT2D eigenvalue weighted by molar-refractivity contribution is -0.125. The first-order valence-corrected chi connectivity index (χ1v) is 9.47. The lowest BCUT2D eigenvalue weighted by Crippen LogP contribution is -2.37. The summed E-state index contributed by atoms with van der Waals surface area (Å²) < 4.78 is 1.80. The van der Waals surface area contributed by atoms with E-state index in [4.69, 9.17) is 0 Å². The number of anilines is 1. The Balaban J connectivity index is 0.00000140. The minimum atomic E-state index is -0.00849. The molecule has 3 atom stereocenters. The van der Waals surface area contributed by atoms with E-state index in [1.807, 2.05) is 25.5 Å². The van der Waals surface area contributed by atoms with Crippen LogP contribution in [0.3, 0.4) is 0 Å². The van der Waals surface area contributed by atoms with Gasteiger partial charge in [0.15, 0.2) is 0 Å². The molecule has 0 aliphatic carbocycles. The van der Waals surface area contributed by atoms with Crippen molar-refractivity contribution in [1.82, 2.24) is 20.4 Å². The quantitative estimate of drug-likeness (QED) is 0.770. The summed E-state index contributed by atoms with van der Waals surface area (Å²) >= 11 is 0. The molecule has 1 unspecified atom stereocenters. The van der Waals surface area contributed by atoms with Gasteiger partial charge in [0.2, 0.25) is 5.91 Å². The average Bonchev–Trinajstić information content (AvgIpc) is 3.40. The molecule has 0 spiro atoms. The summed E-state index contributed by atoms with van der Waals surface area (Å²) in [5, 5.41) is 10.8. The normalized spacial score (nSPS) is 23.8. The van der Waals surface area contributed by atoms with Crippen LogP contribution in [0.4, 0.5) is 5.69 Å². The van der Waals surface area contributed by atoms with Crippen LogP contribution < -0.4 is 15.5 Å². The molecule has 28 heavy (non-hydrogen) atoms. The van der Waals surface area contributed by atoms with Gasteiger partial charge in [0.1, 0.15) is 0 Å². The van der Waals surface area contributed by atoms with Gasteiger partial charge in [-0.15, -0.1) is 24.8 Å². The van der Waals surface area contributed by atoms with Gasteiger partial charge in [0, 0.05) is 57.6 Å². The summed E-state index contributed by atoms with van der Waals surface area (Å²) in [5.41, 5.74) is 2.42. The van der Waals surface area contributed by atoms with Crippen molar-refractivity contribution in [3.8, 4) is 0 Å². The van der Waals surface area contributed by atoms with Crippen molar-refractivity contribution in [2.75, 3.05) is 37.6 Å². The Kier molecular flexibility index (Phi) is 8.16. The largest absolute Gasteiger partial charge is 0.371 e. The Morgan fingerprint density at radius 3 is 2.75 bits per heavy atom. The van der Waals surface area contributed by atoms with Crippen molar-refractivity contribution >= 4 is 36.4 Å². The second-order valence-corrected chi connectivity index (χ2v) is 7.50. The van der Waals surface area contributed by atoms with E-state index in [1.54, 1.807) is 4.68 Å². The molecule has 6 nitrogen and oxygen atoms in total. The minimum absolute atomic E-state index is 0. The molecule has 1 aromatic heterocycles. The SMILES string of the molecule is Cl.Cl.Cn1cc([C@H]2CNC[C@@H]2C(=O)NCC2CCN(c3ccccc3)C2)cn1. The molecular weight excluding hydrogens is 397 g/mol. The molecule has 3 heterocycles. The van der Waals surface area contributed by atoms with Crippen molar-refractivity contribution in [2.24, 2.45) is 18.9 Å². The van der Waals surface area contributed by atoms with Crippen molar-refractivity contribution in [2.45, 2.75) is 12.3 Å². The number of hydrogen-bond acceptors (Lipinski definition) is 4. The number of carbonyl (C=O) groups excluding carboxylic acids is 1. The van der Waals surface area contributed by atoms with E-state index in [0.717, 1.165) is 44.7 Å². The molecule has 2 N–H and O–H groups in total. The third-order valence-corrected chi connectivity index (χ3v) is 5.68. The molecule has 2 aliphatic rings. The summed E-state index contributed by atoms with van der Waals surface area (Å²) in [6.45, 7) is 4.42. The predicted octanol–water partition coefficient (Wildman–Crippen LogP) is 2.21. The topological polar surface area (TPSA) is 62.2 Å².